The second-order valence-electron chi connectivity index (χ2n) is 5.28. The third-order valence-corrected chi connectivity index (χ3v) is 5.43. The highest BCUT2D eigenvalue weighted by Crippen LogP contribution is 2.26. The number of primary sulfonamides is 1. The highest BCUT2D eigenvalue weighted by Gasteiger charge is 2.24. The standard InChI is InChI=1S/C13H17BrN2O3S/c1-8-2-4-10(6-8)16-13(17)9-3-5-11(14)12(7-9)20(15,18)19/h3,5,7-8,10H,2,4,6H2,1H3,(H,16,17)(H2,15,18,19). The molecule has 5 nitrogen and oxygen atoms in total. The quantitative estimate of drug-likeness (QED) is 0.863. The molecule has 0 saturated heterocycles. The normalized spacial score (nSPS) is 22.8. The van der Waals surface area contributed by atoms with Gasteiger partial charge in [0.15, 0.2) is 0 Å². The summed E-state index contributed by atoms with van der Waals surface area (Å²) in [5, 5.41) is 8.05. The Kier molecular flexibility index (Phi) is 4.51. The highest BCUT2D eigenvalue weighted by molar-refractivity contribution is 9.10. The molecule has 1 aromatic rings. The first-order chi connectivity index (χ1) is 9.27. The van der Waals surface area contributed by atoms with Crippen molar-refractivity contribution >= 4 is 31.9 Å². The number of benzene rings is 1. The van der Waals surface area contributed by atoms with Crippen LogP contribution in [0.25, 0.3) is 0 Å². The molecule has 1 aromatic carbocycles. The minimum absolute atomic E-state index is 0.0788. The second kappa shape index (κ2) is 5.83. The maximum Gasteiger partial charge on any atom is 0.251 e. The van der Waals surface area contributed by atoms with Crippen LogP contribution in [0, 0.1) is 5.92 Å². The molecule has 7 heteroatoms. The molecule has 0 radical (unpaired) electrons. The van der Waals surface area contributed by atoms with Gasteiger partial charge in [-0.3, -0.25) is 4.79 Å². The predicted molar refractivity (Wildman–Crippen MR) is 79.8 cm³/mol. The number of nitrogens with two attached hydrogens (primary N) is 1. The average Bonchev–Trinajstić information content (AvgIpc) is 2.73. The topological polar surface area (TPSA) is 89.3 Å². The SMILES string of the molecule is CC1CCC(NC(=O)c2ccc(Br)c(S(N)(=O)=O)c2)C1. The first-order valence-corrected chi connectivity index (χ1v) is 8.74. The van der Waals surface area contributed by atoms with Crippen molar-refractivity contribution in [3.63, 3.8) is 0 Å². The number of rotatable bonds is 3. The van der Waals surface area contributed by atoms with Gasteiger partial charge in [0.2, 0.25) is 10.0 Å². The van der Waals surface area contributed by atoms with Gasteiger partial charge in [-0.05, 0) is 59.3 Å². The van der Waals surface area contributed by atoms with Gasteiger partial charge in [-0.15, -0.1) is 0 Å². The Morgan fingerprint density at radius 2 is 2.10 bits per heavy atom. The molecule has 1 aliphatic carbocycles. The first kappa shape index (κ1) is 15.5. The van der Waals surface area contributed by atoms with Crippen molar-refractivity contribution in [3.05, 3.63) is 28.2 Å². The third kappa shape index (κ3) is 3.59. The lowest BCUT2D eigenvalue weighted by Gasteiger charge is -2.13. The van der Waals surface area contributed by atoms with Gasteiger partial charge in [-0.2, -0.15) is 0 Å². The molecule has 1 saturated carbocycles. The van der Waals surface area contributed by atoms with E-state index < -0.39 is 10.0 Å². The molecule has 2 atom stereocenters. The number of sulfonamides is 1. The van der Waals surface area contributed by atoms with Crippen LogP contribution in [-0.4, -0.2) is 20.4 Å². The molecule has 0 aromatic heterocycles. The van der Waals surface area contributed by atoms with Gasteiger partial charge in [0, 0.05) is 16.1 Å². The fourth-order valence-electron chi connectivity index (χ4n) is 2.47. The molecule has 1 amide bonds. The maximum atomic E-state index is 12.1. The number of carbonyl (C=O) groups is 1. The fourth-order valence-corrected chi connectivity index (χ4v) is 4.02. The number of hydrogen-bond donors (Lipinski definition) is 2. The average molecular weight is 361 g/mol. The number of nitrogens with one attached hydrogen (secondary N) is 1. The van der Waals surface area contributed by atoms with Crippen molar-refractivity contribution in [2.24, 2.45) is 11.1 Å². The molecule has 2 rings (SSSR count). The van der Waals surface area contributed by atoms with E-state index in [0.717, 1.165) is 19.3 Å². The van der Waals surface area contributed by atoms with Gasteiger partial charge < -0.3 is 5.32 Å². The number of carbonyl (C=O) groups excluding carboxylic acids is 1. The van der Waals surface area contributed by atoms with E-state index in [4.69, 9.17) is 5.14 Å². The smallest absolute Gasteiger partial charge is 0.251 e. The molecule has 0 aliphatic heterocycles. The number of amides is 1. The lowest BCUT2D eigenvalue weighted by Crippen LogP contribution is -2.33. The lowest BCUT2D eigenvalue weighted by atomic mass is 10.1. The molecular formula is C13H17BrN2O3S. The van der Waals surface area contributed by atoms with Crippen molar-refractivity contribution in [3.8, 4) is 0 Å². The zero-order chi connectivity index (χ0) is 14.9. The van der Waals surface area contributed by atoms with E-state index in [1.807, 2.05) is 0 Å². The Hall–Kier alpha value is -0.920. The maximum absolute atomic E-state index is 12.1. The van der Waals surface area contributed by atoms with E-state index >= 15 is 0 Å². The van der Waals surface area contributed by atoms with Gasteiger partial charge in [-0.25, -0.2) is 13.6 Å². The largest absolute Gasteiger partial charge is 0.349 e. The van der Waals surface area contributed by atoms with E-state index in [1.54, 1.807) is 6.07 Å². The van der Waals surface area contributed by atoms with Crippen LogP contribution in [0.5, 0.6) is 0 Å². The lowest BCUT2D eigenvalue weighted by molar-refractivity contribution is 0.0937. The zero-order valence-corrected chi connectivity index (χ0v) is 13.5. The summed E-state index contributed by atoms with van der Waals surface area (Å²) in [4.78, 5) is 12.1. The third-order valence-electron chi connectivity index (χ3n) is 3.53. The van der Waals surface area contributed by atoms with Crippen LogP contribution < -0.4 is 10.5 Å². The minimum atomic E-state index is -3.85. The Morgan fingerprint density at radius 3 is 2.65 bits per heavy atom. The molecule has 20 heavy (non-hydrogen) atoms. The van der Waals surface area contributed by atoms with Crippen LogP contribution in [0.3, 0.4) is 0 Å². The predicted octanol–water partition coefficient (Wildman–Crippen LogP) is 2.01. The van der Waals surface area contributed by atoms with Crippen molar-refractivity contribution < 1.29 is 13.2 Å². The van der Waals surface area contributed by atoms with Crippen LogP contribution >= 0.6 is 15.9 Å². The Balaban J connectivity index is 2.19. The van der Waals surface area contributed by atoms with Crippen LogP contribution in [0.4, 0.5) is 0 Å². The zero-order valence-electron chi connectivity index (χ0n) is 11.1. The molecular weight excluding hydrogens is 344 g/mol. The van der Waals surface area contributed by atoms with Crippen LogP contribution in [-0.2, 0) is 10.0 Å². The summed E-state index contributed by atoms with van der Waals surface area (Å²) in [6.07, 6.45) is 3.03. The Labute approximate surface area is 127 Å². The summed E-state index contributed by atoms with van der Waals surface area (Å²) >= 11 is 3.12. The highest BCUT2D eigenvalue weighted by atomic mass is 79.9. The Morgan fingerprint density at radius 1 is 1.40 bits per heavy atom. The van der Waals surface area contributed by atoms with Crippen molar-refractivity contribution in [1.29, 1.82) is 0 Å². The summed E-state index contributed by atoms with van der Waals surface area (Å²) < 4.78 is 23.2. The molecule has 2 unspecified atom stereocenters. The van der Waals surface area contributed by atoms with Crippen LogP contribution in [0.1, 0.15) is 36.5 Å². The summed E-state index contributed by atoms with van der Waals surface area (Å²) in [5.74, 6) is 0.353. The number of halogens is 1. The van der Waals surface area contributed by atoms with Crippen molar-refractivity contribution in [2.45, 2.75) is 37.1 Å². The van der Waals surface area contributed by atoms with Crippen molar-refractivity contribution in [2.75, 3.05) is 0 Å². The van der Waals surface area contributed by atoms with Crippen LogP contribution in [0.2, 0.25) is 0 Å². The second-order valence-corrected chi connectivity index (χ2v) is 7.66. The first-order valence-electron chi connectivity index (χ1n) is 6.40. The van der Waals surface area contributed by atoms with E-state index in [1.165, 1.54) is 12.1 Å². The monoisotopic (exact) mass is 360 g/mol. The summed E-state index contributed by atoms with van der Waals surface area (Å²) in [5.41, 5.74) is 0.303. The van der Waals surface area contributed by atoms with E-state index in [9.17, 15) is 13.2 Å². The van der Waals surface area contributed by atoms with Gasteiger partial charge >= 0.3 is 0 Å². The molecule has 110 valence electrons. The fraction of sp³-hybridized carbons (Fsp3) is 0.462. The molecule has 0 bridgehead atoms. The molecule has 1 aliphatic rings. The van der Waals surface area contributed by atoms with Gasteiger partial charge in [-0.1, -0.05) is 6.92 Å². The van der Waals surface area contributed by atoms with Gasteiger partial charge in [0.1, 0.15) is 0 Å². The summed E-state index contributed by atoms with van der Waals surface area (Å²) in [6.45, 7) is 2.16. The Bertz CT molecular complexity index is 631. The summed E-state index contributed by atoms with van der Waals surface area (Å²) in [7, 11) is -3.85. The summed E-state index contributed by atoms with van der Waals surface area (Å²) in [6, 6.07) is 4.56. The van der Waals surface area contributed by atoms with Gasteiger partial charge in [0.25, 0.3) is 5.91 Å². The molecule has 0 spiro atoms. The minimum Gasteiger partial charge on any atom is -0.349 e. The molecule has 0 heterocycles. The van der Waals surface area contributed by atoms with E-state index in [0.29, 0.717) is 16.0 Å². The van der Waals surface area contributed by atoms with Crippen molar-refractivity contribution in [1.82, 2.24) is 5.32 Å². The molecule has 3 N–H and O–H groups in total. The van der Waals surface area contributed by atoms with Crippen LogP contribution in [0.15, 0.2) is 27.6 Å². The van der Waals surface area contributed by atoms with E-state index in [-0.39, 0.29) is 16.8 Å². The molecule has 1 fully saturated rings. The van der Waals surface area contributed by atoms with E-state index in [2.05, 4.69) is 28.2 Å². The van der Waals surface area contributed by atoms with Gasteiger partial charge in [0.05, 0.1) is 4.90 Å². The number of hydrogen-bond acceptors (Lipinski definition) is 3.